The van der Waals surface area contributed by atoms with Crippen molar-refractivity contribution in [1.82, 2.24) is 39.9 Å². The van der Waals surface area contributed by atoms with E-state index in [4.69, 9.17) is 11.6 Å². The van der Waals surface area contributed by atoms with Crippen LogP contribution >= 0.6 is 11.3 Å². The Labute approximate surface area is 336 Å². The Morgan fingerprint density at radius 3 is 2.47 bits per heavy atom. The lowest BCUT2D eigenvalue weighted by atomic mass is 9.85. The summed E-state index contributed by atoms with van der Waals surface area (Å²) < 4.78 is 1.80. The minimum Gasteiger partial charge on any atom is -0.387 e. The first kappa shape index (κ1) is 38.2. The van der Waals surface area contributed by atoms with Crippen molar-refractivity contribution >= 4 is 51.6 Å². The third kappa shape index (κ3) is 7.97. The van der Waals surface area contributed by atoms with E-state index in [1.807, 2.05) is 61.8 Å². The summed E-state index contributed by atoms with van der Waals surface area (Å²) in [6.45, 7) is 10.3. The molecule has 1 unspecified atom stereocenters. The quantitative estimate of drug-likeness (QED) is 0.123. The van der Waals surface area contributed by atoms with Crippen molar-refractivity contribution in [3.05, 3.63) is 82.9 Å². The van der Waals surface area contributed by atoms with Crippen LogP contribution in [0.3, 0.4) is 0 Å². The molecule has 0 bridgehead atoms. The van der Waals surface area contributed by atoms with Gasteiger partial charge in [0.15, 0.2) is 5.01 Å². The summed E-state index contributed by atoms with van der Waals surface area (Å²) >= 11 is 1.67. The number of nitrogens with zero attached hydrogens (tertiary/aromatic N) is 9. The summed E-state index contributed by atoms with van der Waals surface area (Å²) in [5.41, 5.74) is 6.48. The molecular weight excluding hydrogens is 739 g/mol. The molecule has 4 aromatic heterocycles. The van der Waals surface area contributed by atoms with Crippen LogP contribution in [0.4, 0.5) is 17.1 Å². The molecule has 2 saturated heterocycles. The van der Waals surface area contributed by atoms with Gasteiger partial charge in [0.25, 0.3) is 5.91 Å². The van der Waals surface area contributed by atoms with Gasteiger partial charge < -0.3 is 20.0 Å². The number of likely N-dealkylation sites (N-methyl/N-ethyl adjacent to an activating group) is 1. The highest BCUT2D eigenvalue weighted by Crippen LogP contribution is 2.40. The minimum atomic E-state index is -0.633. The van der Waals surface area contributed by atoms with Crippen LogP contribution in [0.5, 0.6) is 0 Å². The van der Waals surface area contributed by atoms with Gasteiger partial charge in [0, 0.05) is 75.2 Å². The Morgan fingerprint density at radius 2 is 1.75 bits per heavy atom. The molecule has 1 saturated carbocycles. The van der Waals surface area contributed by atoms with E-state index in [1.165, 1.54) is 4.90 Å². The average molecular weight is 786 g/mol. The van der Waals surface area contributed by atoms with Crippen LogP contribution in [0, 0.1) is 12.5 Å². The van der Waals surface area contributed by atoms with E-state index in [-0.39, 0.29) is 18.2 Å². The number of piperidine rings is 2. The zero-order valence-corrected chi connectivity index (χ0v) is 33.3. The van der Waals surface area contributed by atoms with Crippen molar-refractivity contribution in [3.63, 3.8) is 0 Å². The van der Waals surface area contributed by atoms with Gasteiger partial charge in [0.05, 0.1) is 35.2 Å². The van der Waals surface area contributed by atoms with Gasteiger partial charge in [-0.3, -0.25) is 24.7 Å². The average Bonchev–Trinajstić information content (AvgIpc) is 3.91. The van der Waals surface area contributed by atoms with E-state index in [2.05, 4.69) is 47.6 Å². The predicted molar refractivity (Wildman–Crippen MR) is 220 cm³/mol. The van der Waals surface area contributed by atoms with Gasteiger partial charge in [-0.25, -0.2) is 9.36 Å². The number of anilines is 2. The van der Waals surface area contributed by atoms with Gasteiger partial charge in [-0.15, -0.1) is 10.2 Å². The second-order valence-electron chi connectivity index (χ2n) is 15.5. The van der Waals surface area contributed by atoms with E-state index in [0.29, 0.717) is 35.5 Å². The molecule has 1 atom stereocenters. The van der Waals surface area contributed by atoms with Crippen molar-refractivity contribution < 1.29 is 14.4 Å². The van der Waals surface area contributed by atoms with E-state index >= 15 is 0 Å². The Bertz CT molecular complexity index is 2320. The van der Waals surface area contributed by atoms with Crippen LogP contribution in [-0.2, 0) is 9.59 Å². The molecule has 8 rings (SSSR count). The molecule has 294 valence electrons. The van der Waals surface area contributed by atoms with Crippen LogP contribution in [0.2, 0.25) is 0 Å². The van der Waals surface area contributed by atoms with Crippen molar-refractivity contribution in [2.45, 2.75) is 69.4 Å². The molecular formula is C42H47N11O3S. The summed E-state index contributed by atoms with van der Waals surface area (Å²) in [7, 11) is 5.81. The third-order valence-electron chi connectivity index (χ3n) is 12.0. The molecule has 15 heteroatoms. The maximum Gasteiger partial charge on any atom is 0.254 e. The van der Waals surface area contributed by atoms with E-state index in [1.54, 1.807) is 29.1 Å². The fraction of sp³-hybridized carbons (Fsp3) is 0.429. The Hall–Kier alpha value is -5.72. The summed E-state index contributed by atoms with van der Waals surface area (Å²) in [5, 5.41) is 21.4. The number of carbonyl (C=O) groups excluding carboxylic acids is 3. The monoisotopic (exact) mass is 785 g/mol. The van der Waals surface area contributed by atoms with Crippen LogP contribution in [0.25, 0.3) is 32.3 Å². The third-order valence-corrected chi connectivity index (χ3v) is 13.1. The fourth-order valence-corrected chi connectivity index (χ4v) is 9.67. The van der Waals surface area contributed by atoms with E-state index in [9.17, 15) is 14.4 Å². The molecule has 6 heterocycles. The first-order chi connectivity index (χ1) is 27.7. The molecule has 1 aliphatic carbocycles. The highest BCUT2D eigenvalue weighted by molar-refractivity contribution is 7.14. The number of hydrogen-bond donors (Lipinski definition) is 2. The van der Waals surface area contributed by atoms with Crippen molar-refractivity contribution in [3.8, 4) is 22.0 Å². The van der Waals surface area contributed by atoms with Crippen molar-refractivity contribution in [2.75, 3.05) is 51.0 Å². The normalized spacial score (nSPS) is 20.4. The van der Waals surface area contributed by atoms with Crippen LogP contribution in [-0.4, -0.2) is 105 Å². The smallest absolute Gasteiger partial charge is 0.254 e. The second kappa shape index (κ2) is 16.4. The Morgan fingerprint density at radius 1 is 0.982 bits per heavy atom. The van der Waals surface area contributed by atoms with Gasteiger partial charge in [0.2, 0.25) is 17.5 Å². The van der Waals surface area contributed by atoms with Crippen LogP contribution < -0.4 is 15.5 Å². The highest BCUT2D eigenvalue weighted by Gasteiger charge is 2.33. The summed E-state index contributed by atoms with van der Waals surface area (Å²) in [4.78, 5) is 51.6. The van der Waals surface area contributed by atoms with E-state index in [0.717, 1.165) is 102 Å². The number of nitrogens with one attached hydrogen (secondary N) is 2. The van der Waals surface area contributed by atoms with Gasteiger partial charge in [-0.2, -0.15) is 5.10 Å². The first-order valence-electron chi connectivity index (χ1n) is 19.7. The van der Waals surface area contributed by atoms with Gasteiger partial charge in [0.1, 0.15) is 11.0 Å². The number of benzene rings is 1. The number of amides is 3. The molecule has 3 fully saturated rings. The van der Waals surface area contributed by atoms with Crippen LogP contribution in [0.15, 0.2) is 60.9 Å². The second-order valence-corrected chi connectivity index (χ2v) is 16.5. The molecule has 5 aromatic rings. The van der Waals surface area contributed by atoms with Crippen LogP contribution in [0.1, 0.15) is 72.7 Å². The largest absolute Gasteiger partial charge is 0.387 e. The number of imide groups is 1. The number of pyridine rings is 1. The Kier molecular flexibility index (Phi) is 11.0. The Balaban J connectivity index is 0.808. The molecule has 3 aliphatic rings. The first-order valence-corrected chi connectivity index (χ1v) is 20.5. The molecule has 1 aromatic carbocycles. The van der Waals surface area contributed by atoms with Gasteiger partial charge >= 0.3 is 0 Å². The molecule has 2 aliphatic heterocycles. The maximum atomic E-state index is 13.1. The number of aromatic nitrogens is 5. The lowest BCUT2D eigenvalue weighted by Gasteiger charge is -2.39. The number of fused-ring (bicyclic) bond motifs is 1. The molecule has 2 N–H and O–H groups in total. The lowest BCUT2D eigenvalue weighted by molar-refractivity contribution is -0.136. The molecule has 57 heavy (non-hydrogen) atoms. The standard InChI is InChI=1S/C42H47N11O3S/c1-43-29-21-32-13-14-36(53(32)46-23-29)35-22-34(44-2)33(24-45-35)41-49-48-40(57-41)27-5-9-30(10-6-27)50(3)25-26-17-19-52(20-18-26)31-11-7-28(8-12-31)42(56)51(4)37-15-16-38(54)47-39(37)55/h7-8,11-14,21-24,26-27,30,37H,5-6,9-10,15-20,25H2,2-4H3,(H,44,45)(H,47,54,55). The topological polar surface area (TPSA) is 145 Å². The number of rotatable bonds is 10. The molecule has 0 spiro atoms. The summed E-state index contributed by atoms with van der Waals surface area (Å²) in [6.07, 6.45) is 10.8. The van der Waals surface area contributed by atoms with Gasteiger partial charge in [-0.05, 0) is 106 Å². The van der Waals surface area contributed by atoms with Crippen molar-refractivity contribution in [1.29, 1.82) is 0 Å². The summed E-state index contributed by atoms with van der Waals surface area (Å²) in [6, 6.07) is 15.4. The maximum absolute atomic E-state index is 13.1. The molecule has 3 amide bonds. The lowest BCUT2D eigenvalue weighted by Crippen LogP contribution is -2.52. The minimum absolute atomic E-state index is 0.220. The highest BCUT2D eigenvalue weighted by atomic mass is 32.1. The fourth-order valence-electron chi connectivity index (χ4n) is 8.63. The van der Waals surface area contributed by atoms with E-state index < -0.39 is 11.9 Å². The zero-order valence-electron chi connectivity index (χ0n) is 32.5. The number of hydrogen-bond acceptors (Lipinski definition) is 11. The predicted octanol–water partition coefficient (Wildman–Crippen LogP) is 6.26. The SMILES string of the molecule is [C-]#[N+]c1cnn2c(-c3cc(NC)c(-c4nnc(C5CCC(N(C)CC6CCN(c7ccc(C(=O)N(C)C8CCC(=O)NC8=O)cc7)CC6)CC5)s4)cn3)ccc2c1. The van der Waals surface area contributed by atoms with Gasteiger partial charge in [-0.1, -0.05) is 11.3 Å². The molecule has 14 nitrogen and oxygen atoms in total. The number of carbonyl (C=O) groups is 3. The zero-order chi connectivity index (χ0) is 39.6. The molecule has 0 radical (unpaired) electrons. The van der Waals surface area contributed by atoms with Crippen molar-refractivity contribution in [2.24, 2.45) is 5.92 Å². The summed E-state index contributed by atoms with van der Waals surface area (Å²) in [5.74, 6) is 0.130.